The van der Waals surface area contributed by atoms with Crippen molar-refractivity contribution >= 4 is 22.7 Å². The number of aryl methyl sites for hydroxylation is 1. The van der Waals surface area contributed by atoms with Crippen molar-refractivity contribution in [1.82, 2.24) is 9.55 Å². The lowest BCUT2D eigenvalue weighted by Gasteiger charge is -2.08. The van der Waals surface area contributed by atoms with E-state index in [1.54, 1.807) is 18.3 Å². The van der Waals surface area contributed by atoms with Crippen molar-refractivity contribution in [1.29, 1.82) is 0 Å². The van der Waals surface area contributed by atoms with Crippen LogP contribution in [0.5, 0.6) is 0 Å². The second-order valence-corrected chi connectivity index (χ2v) is 7.27. The van der Waals surface area contributed by atoms with Crippen LogP contribution in [-0.2, 0) is 0 Å². The maximum Gasteiger partial charge on any atom is 0.203 e. The zero-order chi connectivity index (χ0) is 19.5. The SMILES string of the molecule is Cc1cc(/C=N\Nc2nc(-c3ccc(F)cc3)cs2)c(C)n1-c1ccccc1. The molecule has 0 aliphatic carbocycles. The molecule has 28 heavy (non-hydrogen) atoms. The summed E-state index contributed by atoms with van der Waals surface area (Å²) in [6.45, 7) is 4.16. The smallest absolute Gasteiger partial charge is 0.203 e. The van der Waals surface area contributed by atoms with Crippen molar-refractivity contribution in [3.63, 3.8) is 0 Å². The van der Waals surface area contributed by atoms with Crippen molar-refractivity contribution in [2.45, 2.75) is 13.8 Å². The van der Waals surface area contributed by atoms with Gasteiger partial charge in [-0.05, 0) is 56.3 Å². The predicted molar refractivity (Wildman–Crippen MR) is 114 cm³/mol. The number of nitrogens with zero attached hydrogens (tertiary/aromatic N) is 3. The Morgan fingerprint density at radius 1 is 1.07 bits per heavy atom. The maximum absolute atomic E-state index is 13.1. The molecule has 4 rings (SSSR count). The fourth-order valence-corrected chi connectivity index (χ4v) is 3.80. The average Bonchev–Trinajstić information content (AvgIpc) is 3.28. The number of hydrogen-bond donors (Lipinski definition) is 1. The fraction of sp³-hybridized carbons (Fsp3) is 0.0909. The molecule has 140 valence electrons. The number of nitrogens with one attached hydrogen (secondary N) is 1. The van der Waals surface area contributed by atoms with Gasteiger partial charge in [-0.1, -0.05) is 18.2 Å². The first kappa shape index (κ1) is 18.1. The second kappa shape index (κ2) is 7.78. The van der Waals surface area contributed by atoms with Crippen LogP contribution in [0.1, 0.15) is 17.0 Å². The van der Waals surface area contributed by atoms with Crippen LogP contribution in [0, 0.1) is 19.7 Å². The molecular weight excluding hydrogens is 371 g/mol. The Balaban J connectivity index is 1.50. The molecule has 2 heterocycles. The van der Waals surface area contributed by atoms with E-state index in [0.717, 1.165) is 33.9 Å². The normalized spacial score (nSPS) is 11.2. The van der Waals surface area contributed by atoms with Gasteiger partial charge >= 0.3 is 0 Å². The first-order valence-corrected chi connectivity index (χ1v) is 9.75. The molecule has 4 aromatic rings. The van der Waals surface area contributed by atoms with Gasteiger partial charge < -0.3 is 4.57 Å². The average molecular weight is 390 g/mol. The van der Waals surface area contributed by atoms with Gasteiger partial charge in [0.05, 0.1) is 11.9 Å². The Hall–Kier alpha value is -3.25. The quantitative estimate of drug-likeness (QED) is 0.345. The number of benzene rings is 2. The number of aromatic nitrogens is 2. The molecule has 0 atom stereocenters. The molecule has 0 bridgehead atoms. The minimum absolute atomic E-state index is 0.255. The summed E-state index contributed by atoms with van der Waals surface area (Å²) in [4.78, 5) is 4.50. The van der Waals surface area contributed by atoms with E-state index in [9.17, 15) is 4.39 Å². The van der Waals surface area contributed by atoms with E-state index >= 15 is 0 Å². The third-order valence-corrected chi connectivity index (χ3v) is 5.24. The minimum atomic E-state index is -0.255. The lowest BCUT2D eigenvalue weighted by Crippen LogP contribution is -1.99. The molecule has 0 saturated heterocycles. The molecule has 0 aliphatic heterocycles. The number of halogens is 1. The third kappa shape index (κ3) is 3.73. The van der Waals surface area contributed by atoms with Crippen molar-refractivity contribution in [2.24, 2.45) is 5.10 Å². The van der Waals surface area contributed by atoms with Gasteiger partial charge in [-0.25, -0.2) is 9.37 Å². The summed E-state index contributed by atoms with van der Waals surface area (Å²) in [5.74, 6) is -0.255. The Morgan fingerprint density at radius 2 is 1.82 bits per heavy atom. The van der Waals surface area contributed by atoms with Gasteiger partial charge in [0.1, 0.15) is 5.82 Å². The van der Waals surface area contributed by atoms with E-state index in [4.69, 9.17) is 0 Å². The Morgan fingerprint density at radius 3 is 2.57 bits per heavy atom. The molecule has 2 aromatic heterocycles. The monoisotopic (exact) mass is 390 g/mol. The van der Waals surface area contributed by atoms with Crippen LogP contribution in [0.4, 0.5) is 9.52 Å². The van der Waals surface area contributed by atoms with Crippen molar-refractivity contribution in [3.05, 3.63) is 88.8 Å². The maximum atomic E-state index is 13.1. The van der Waals surface area contributed by atoms with E-state index < -0.39 is 0 Å². The summed E-state index contributed by atoms with van der Waals surface area (Å²) in [5.41, 5.74) is 9.11. The standard InChI is InChI=1S/C22H19FN4S/c1-15-12-18(16(2)27(15)20-6-4-3-5-7-20)13-24-26-22-25-21(14-28-22)17-8-10-19(23)11-9-17/h3-14H,1-2H3,(H,25,26)/b24-13-. The number of rotatable bonds is 5. The van der Waals surface area contributed by atoms with Gasteiger partial charge in [-0.3, -0.25) is 5.43 Å². The summed E-state index contributed by atoms with van der Waals surface area (Å²) < 4.78 is 15.3. The highest BCUT2D eigenvalue weighted by molar-refractivity contribution is 7.14. The number of para-hydroxylation sites is 1. The van der Waals surface area contributed by atoms with Crippen LogP contribution in [0.2, 0.25) is 0 Å². The first-order chi connectivity index (χ1) is 13.6. The molecular formula is C22H19FN4S. The van der Waals surface area contributed by atoms with E-state index in [0.29, 0.717) is 5.13 Å². The topological polar surface area (TPSA) is 42.2 Å². The summed E-state index contributed by atoms with van der Waals surface area (Å²) in [6, 6.07) is 18.7. The Kier molecular flexibility index (Phi) is 5.04. The van der Waals surface area contributed by atoms with Crippen molar-refractivity contribution < 1.29 is 4.39 Å². The Bertz CT molecular complexity index is 1110. The molecule has 0 radical (unpaired) electrons. The van der Waals surface area contributed by atoms with Gasteiger partial charge in [0.15, 0.2) is 0 Å². The molecule has 0 amide bonds. The van der Waals surface area contributed by atoms with Gasteiger partial charge in [0.2, 0.25) is 5.13 Å². The first-order valence-electron chi connectivity index (χ1n) is 8.87. The number of hydrogen-bond acceptors (Lipinski definition) is 4. The highest BCUT2D eigenvalue weighted by Crippen LogP contribution is 2.25. The van der Waals surface area contributed by atoms with Crippen LogP contribution in [0.25, 0.3) is 16.9 Å². The zero-order valence-corrected chi connectivity index (χ0v) is 16.4. The van der Waals surface area contributed by atoms with Crippen LogP contribution in [0.3, 0.4) is 0 Å². The number of anilines is 1. The van der Waals surface area contributed by atoms with Crippen LogP contribution >= 0.6 is 11.3 Å². The van der Waals surface area contributed by atoms with E-state index in [2.05, 4.69) is 52.1 Å². The summed E-state index contributed by atoms with van der Waals surface area (Å²) in [7, 11) is 0. The molecule has 0 spiro atoms. The number of hydrazone groups is 1. The van der Waals surface area contributed by atoms with Crippen molar-refractivity contribution in [3.8, 4) is 16.9 Å². The number of thiazole rings is 1. The third-order valence-electron chi connectivity index (χ3n) is 4.49. The zero-order valence-electron chi connectivity index (χ0n) is 15.6. The lowest BCUT2D eigenvalue weighted by atomic mass is 10.2. The second-order valence-electron chi connectivity index (χ2n) is 6.41. The molecule has 0 fully saturated rings. The largest absolute Gasteiger partial charge is 0.318 e. The molecule has 0 aliphatic rings. The fourth-order valence-electron chi connectivity index (χ4n) is 3.13. The molecule has 6 heteroatoms. The van der Waals surface area contributed by atoms with Gasteiger partial charge in [0.25, 0.3) is 0 Å². The van der Waals surface area contributed by atoms with E-state index in [-0.39, 0.29) is 5.82 Å². The molecule has 0 unspecified atom stereocenters. The van der Waals surface area contributed by atoms with Crippen LogP contribution < -0.4 is 5.43 Å². The van der Waals surface area contributed by atoms with E-state index in [1.165, 1.54) is 23.5 Å². The molecule has 1 N–H and O–H groups in total. The summed E-state index contributed by atoms with van der Waals surface area (Å²) >= 11 is 1.46. The Labute approximate surface area is 167 Å². The van der Waals surface area contributed by atoms with Crippen LogP contribution in [0.15, 0.2) is 71.1 Å². The highest BCUT2D eigenvalue weighted by atomic mass is 32.1. The summed E-state index contributed by atoms with van der Waals surface area (Å²) in [6.07, 6.45) is 1.81. The van der Waals surface area contributed by atoms with Gasteiger partial charge in [-0.2, -0.15) is 5.10 Å². The van der Waals surface area contributed by atoms with Crippen LogP contribution in [-0.4, -0.2) is 15.8 Å². The van der Waals surface area contributed by atoms with Gasteiger partial charge in [0, 0.05) is 33.6 Å². The van der Waals surface area contributed by atoms with E-state index in [1.807, 2.05) is 23.6 Å². The molecule has 0 saturated carbocycles. The lowest BCUT2D eigenvalue weighted by molar-refractivity contribution is 0.628. The summed E-state index contributed by atoms with van der Waals surface area (Å²) in [5, 5.41) is 6.95. The molecule has 2 aromatic carbocycles. The minimum Gasteiger partial charge on any atom is -0.318 e. The van der Waals surface area contributed by atoms with Crippen molar-refractivity contribution in [2.75, 3.05) is 5.43 Å². The molecule has 4 nitrogen and oxygen atoms in total. The highest BCUT2D eigenvalue weighted by Gasteiger charge is 2.09. The van der Waals surface area contributed by atoms with Gasteiger partial charge in [-0.15, -0.1) is 11.3 Å². The predicted octanol–water partition coefficient (Wildman–Crippen LogP) is 5.80.